The highest BCUT2D eigenvalue weighted by Gasteiger charge is 2.29. The van der Waals surface area contributed by atoms with Crippen molar-refractivity contribution in [2.45, 2.75) is 137 Å². The van der Waals surface area contributed by atoms with Gasteiger partial charge >= 0.3 is 0 Å². The normalized spacial score (nSPS) is 21.7. The van der Waals surface area contributed by atoms with Crippen LogP contribution in [-0.2, 0) is 19.9 Å². The van der Waals surface area contributed by atoms with Gasteiger partial charge in [0.15, 0.2) is 0 Å². The van der Waals surface area contributed by atoms with E-state index in [1.165, 1.54) is 105 Å². The minimum atomic E-state index is 0.808. The number of hydrogen-bond acceptors (Lipinski definition) is 1. The molecule has 2 atom stereocenters. The number of pyridine rings is 1. The summed E-state index contributed by atoms with van der Waals surface area (Å²) in [7, 11) is 2.15. The molecule has 3 aliphatic carbocycles. The molecule has 9 rings (SSSR count). The maximum Gasteiger partial charge on any atom is 0.0705 e. The van der Waals surface area contributed by atoms with E-state index in [1.807, 2.05) is 24.3 Å². The van der Waals surface area contributed by atoms with Crippen LogP contribution < -0.4 is 0 Å². The second-order valence-electron chi connectivity index (χ2n) is 17.4. The summed E-state index contributed by atoms with van der Waals surface area (Å²) in [4.78, 5) is 4.49. The van der Waals surface area contributed by atoms with Gasteiger partial charge < -0.3 is 4.57 Å². The molecule has 2 heterocycles. The van der Waals surface area contributed by atoms with Gasteiger partial charge in [0.1, 0.15) is 0 Å². The van der Waals surface area contributed by atoms with E-state index in [-0.39, 0.29) is 0 Å². The summed E-state index contributed by atoms with van der Waals surface area (Å²) in [5.41, 5.74) is 8.04. The maximum absolute atomic E-state index is 5.83. The SMILES string of the molecule is CCC1CC(c2ccc(Cl)cc2)C1.CCC1CC(c2ccccc2)C1.CCC1CCC(C)C1.CCCc1cc2ccccc2n1C.CCc1ccc2ccccc2n1. The molecule has 2 unspecified atom stereocenters. The predicted molar refractivity (Wildman–Crippen MR) is 254 cm³/mol. The minimum Gasteiger partial charge on any atom is -0.348 e. The molecule has 310 valence electrons. The predicted octanol–water partition coefficient (Wildman–Crippen LogP) is 16.6. The van der Waals surface area contributed by atoms with E-state index >= 15 is 0 Å². The Morgan fingerprint density at radius 2 is 1.16 bits per heavy atom. The van der Waals surface area contributed by atoms with Gasteiger partial charge in [-0.15, -0.1) is 0 Å². The zero-order valence-corrected chi connectivity index (χ0v) is 37.7. The number of benzene rings is 4. The van der Waals surface area contributed by atoms with Crippen LogP contribution in [-0.4, -0.2) is 9.55 Å². The topological polar surface area (TPSA) is 17.8 Å². The number of fused-ring (bicyclic) bond motifs is 2. The fraction of sp³-hybridized carbons (Fsp3) is 0.473. The Morgan fingerprint density at radius 1 is 0.586 bits per heavy atom. The largest absolute Gasteiger partial charge is 0.348 e. The van der Waals surface area contributed by atoms with Gasteiger partial charge in [0.25, 0.3) is 0 Å². The van der Waals surface area contributed by atoms with Gasteiger partial charge in [-0.1, -0.05) is 177 Å². The molecule has 0 saturated heterocycles. The van der Waals surface area contributed by atoms with Gasteiger partial charge in [0, 0.05) is 34.4 Å². The highest BCUT2D eigenvalue weighted by Crippen LogP contribution is 2.44. The van der Waals surface area contributed by atoms with Gasteiger partial charge in [-0.25, -0.2) is 0 Å². The molecule has 3 fully saturated rings. The molecule has 0 radical (unpaired) electrons. The summed E-state index contributed by atoms with van der Waals surface area (Å²) in [5.74, 6) is 5.76. The van der Waals surface area contributed by atoms with E-state index in [4.69, 9.17) is 11.6 Å². The van der Waals surface area contributed by atoms with E-state index in [1.54, 1.807) is 5.56 Å². The smallest absolute Gasteiger partial charge is 0.0705 e. The molecule has 0 bridgehead atoms. The summed E-state index contributed by atoms with van der Waals surface area (Å²) < 4.78 is 2.29. The van der Waals surface area contributed by atoms with Crippen LogP contribution >= 0.6 is 11.6 Å². The first-order valence-corrected chi connectivity index (χ1v) is 23.3. The van der Waals surface area contributed by atoms with Crippen molar-refractivity contribution in [3.05, 3.63) is 149 Å². The lowest BCUT2D eigenvalue weighted by Crippen LogP contribution is -2.20. The van der Waals surface area contributed by atoms with Gasteiger partial charge in [-0.2, -0.15) is 0 Å². The molecule has 0 amide bonds. The van der Waals surface area contributed by atoms with Crippen molar-refractivity contribution >= 4 is 33.4 Å². The fourth-order valence-electron chi connectivity index (χ4n) is 8.99. The van der Waals surface area contributed by atoms with Gasteiger partial charge in [-0.05, 0) is 133 Å². The van der Waals surface area contributed by atoms with E-state index in [2.05, 4.69) is 155 Å². The summed E-state index contributed by atoms with van der Waals surface area (Å²) in [5, 5.41) is 3.42. The summed E-state index contributed by atoms with van der Waals surface area (Å²) in [6, 6.07) is 42.5. The molecular formula is C55H73ClN2. The zero-order valence-electron chi connectivity index (χ0n) is 37.0. The Morgan fingerprint density at radius 3 is 1.69 bits per heavy atom. The van der Waals surface area contributed by atoms with Crippen LogP contribution in [0.25, 0.3) is 21.8 Å². The summed E-state index contributed by atoms with van der Waals surface area (Å²) in [6.45, 7) is 13.6. The molecule has 6 aromatic rings. The number of halogens is 1. The van der Waals surface area contributed by atoms with E-state index in [9.17, 15) is 0 Å². The highest BCUT2D eigenvalue weighted by atomic mass is 35.5. The van der Waals surface area contributed by atoms with Crippen LogP contribution in [0.1, 0.15) is 147 Å². The molecular weight excluding hydrogens is 724 g/mol. The molecule has 0 spiro atoms. The van der Waals surface area contributed by atoms with Crippen molar-refractivity contribution in [2.75, 3.05) is 0 Å². The van der Waals surface area contributed by atoms with E-state index in [0.29, 0.717) is 0 Å². The van der Waals surface area contributed by atoms with E-state index in [0.717, 1.165) is 58.2 Å². The summed E-state index contributed by atoms with van der Waals surface area (Å²) >= 11 is 5.83. The average Bonchev–Trinajstić information content (AvgIpc) is 3.80. The lowest BCUT2D eigenvalue weighted by Gasteiger charge is -2.35. The van der Waals surface area contributed by atoms with Crippen molar-refractivity contribution in [1.82, 2.24) is 9.55 Å². The third kappa shape index (κ3) is 13.3. The molecule has 58 heavy (non-hydrogen) atoms. The second-order valence-corrected chi connectivity index (χ2v) is 17.8. The number of aryl methyl sites for hydroxylation is 3. The number of rotatable bonds is 8. The van der Waals surface area contributed by atoms with Crippen molar-refractivity contribution in [2.24, 2.45) is 30.7 Å². The van der Waals surface area contributed by atoms with Crippen LogP contribution in [0.2, 0.25) is 5.02 Å². The maximum atomic E-state index is 5.83. The lowest BCUT2D eigenvalue weighted by atomic mass is 9.70. The van der Waals surface area contributed by atoms with Crippen LogP contribution in [0.4, 0.5) is 0 Å². The third-order valence-corrected chi connectivity index (χ3v) is 13.4. The molecule has 3 aliphatic rings. The number of hydrogen-bond donors (Lipinski definition) is 0. The Hall–Kier alpha value is -3.88. The van der Waals surface area contributed by atoms with Crippen molar-refractivity contribution in [3.8, 4) is 0 Å². The average molecular weight is 798 g/mol. The van der Waals surface area contributed by atoms with Crippen molar-refractivity contribution < 1.29 is 0 Å². The monoisotopic (exact) mass is 797 g/mol. The number of nitrogens with zero attached hydrogens (tertiary/aromatic N) is 2. The van der Waals surface area contributed by atoms with Gasteiger partial charge in [0.05, 0.1) is 5.52 Å². The Kier molecular flexibility index (Phi) is 18.4. The van der Waals surface area contributed by atoms with Gasteiger partial charge in [0.2, 0.25) is 0 Å². The molecule has 2 aromatic heterocycles. The standard InChI is InChI=1S/C12H15Cl.C12H15N.C12H16.C11H11N.C8H16/c1-2-9-7-11(8-9)10-3-5-12(13)6-4-10;1-3-6-11-9-10-7-4-5-8-12(10)13(11)2;1-2-10-8-12(9-10)11-6-4-3-5-7-11;1-2-10-8-7-9-5-3-4-6-11(9)12-10;1-3-8-5-4-7(2)6-8/h3-6,9,11H,2,7-8H2,1H3;4-5,7-9H,3,6H2,1-2H3;3-7,10,12H,2,8-9H2,1H3;3-8H,2H2,1H3;7-8H,3-6H2,1-2H3. The second kappa shape index (κ2) is 23.6. The van der Waals surface area contributed by atoms with Crippen LogP contribution in [0.5, 0.6) is 0 Å². The number of para-hydroxylation sites is 2. The van der Waals surface area contributed by atoms with E-state index < -0.39 is 0 Å². The zero-order chi connectivity index (χ0) is 41.3. The first-order chi connectivity index (χ1) is 28.2. The van der Waals surface area contributed by atoms with Crippen molar-refractivity contribution in [3.63, 3.8) is 0 Å². The fourth-order valence-corrected chi connectivity index (χ4v) is 9.11. The first kappa shape index (κ1) is 45.2. The molecule has 2 nitrogen and oxygen atoms in total. The Balaban J connectivity index is 0.000000139. The quantitative estimate of drug-likeness (QED) is 0.150. The van der Waals surface area contributed by atoms with Crippen LogP contribution in [0, 0.1) is 23.7 Å². The molecule has 3 saturated carbocycles. The first-order valence-electron chi connectivity index (χ1n) is 22.9. The molecule has 0 aliphatic heterocycles. The van der Waals surface area contributed by atoms with Crippen molar-refractivity contribution in [1.29, 1.82) is 0 Å². The van der Waals surface area contributed by atoms with Crippen LogP contribution in [0.15, 0.2) is 121 Å². The molecule has 3 heteroatoms. The minimum absolute atomic E-state index is 0.808. The number of aromatic nitrogens is 2. The molecule has 0 N–H and O–H groups in total. The molecule has 4 aromatic carbocycles. The third-order valence-electron chi connectivity index (χ3n) is 13.2. The highest BCUT2D eigenvalue weighted by molar-refractivity contribution is 6.30. The van der Waals surface area contributed by atoms with Gasteiger partial charge in [-0.3, -0.25) is 4.98 Å². The Labute approximate surface area is 357 Å². The Bertz CT molecular complexity index is 2030. The lowest BCUT2D eigenvalue weighted by molar-refractivity contribution is 0.256. The summed E-state index contributed by atoms with van der Waals surface area (Å²) in [6.07, 6.45) is 17.6. The van der Waals surface area contributed by atoms with Crippen LogP contribution in [0.3, 0.4) is 0 Å².